The molecule has 3 aliphatic rings. The predicted octanol–water partition coefficient (Wildman–Crippen LogP) is 4.37. The Bertz CT molecular complexity index is 585. The molecular formula is C18H23BrO2. The summed E-state index contributed by atoms with van der Waals surface area (Å²) in [6, 6.07) is 3.98. The van der Waals surface area contributed by atoms with Gasteiger partial charge in [-0.25, -0.2) is 0 Å². The van der Waals surface area contributed by atoms with E-state index >= 15 is 0 Å². The van der Waals surface area contributed by atoms with Crippen LogP contribution in [-0.2, 0) is 6.42 Å². The van der Waals surface area contributed by atoms with Gasteiger partial charge in [-0.05, 0) is 94.8 Å². The number of hydrogen-bond donors (Lipinski definition) is 2. The molecule has 3 aliphatic carbocycles. The third kappa shape index (κ3) is 1.86. The first-order valence-corrected chi connectivity index (χ1v) is 9.00. The quantitative estimate of drug-likeness (QED) is 0.729. The SMILES string of the molecule is C[C@]12CC[C@@H]3c4ccc(O)c(Br)c4CC[C@@H]3[C@H]1CC[C@@H]2O. The van der Waals surface area contributed by atoms with E-state index in [0.717, 1.165) is 23.7 Å². The maximum atomic E-state index is 10.4. The molecule has 0 saturated heterocycles. The van der Waals surface area contributed by atoms with Gasteiger partial charge in [0.1, 0.15) is 5.75 Å². The van der Waals surface area contributed by atoms with Crippen molar-refractivity contribution in [3.63, 3.8) is 0 Å². The van der Waals surface area contributed by atoms with E-state index < -0.39 is 0 Å². The lowest BCUT2D eigenvalue weighted by atomic mass is 9.55. The van der Waals surface area contributed by atoms with Gasteiger partial charge in [0.15, 0.2) is 0 Å². The van der Waals surface area contributed by atoms with Gasteiger partial charge in [0.25, 0.3) is 0 Å². The summed E-state index contributed by atoms with van der Waals surface area (Å²) >= 11 is 3.57. The Morgan fingerprint density at radius 3 is 2.81 bits per heavy atom. The summed E-state index contributed by atoms with van der Waals surface area (Å²) in [5, 5.41) is 20.3. The van der Waals surface area contributed by atoms with Crippen molar-refractivity contribution in [1.29, 1.82) is 0 Å². The van der Waals surface area contributed by atoms with Crippen molar-refractivity contribution in [2.45, 2.75) is 57.5 Å². The molecule has 0 heterocycles. The van der Waals surface area contributed by atoms with Crippen LogP contribution < -0.4 is 0 Å². The van der Waals surface area contributed by atoms with Crippen LogP contribution in [0.3, 0.4) is 0 Å². The van der Waals surface area contributed by atoms with Crippen LogP contribution in [0.1, 0.15) is 56.1 Å². The van der Waals surface area contributed by atoms with Crippen molar-refractivity contribution in [3.05, 3.63) is 27.7 Å². The Morgan fingerprint density at radius 1 is 1.19 bits per heavy atom. The zero-order valence-corrected chi connectivity index (χ0v) is 14.1. The van der Waals surface area contributed by atoms with Crippen LogP contribution in [0.15, 0.2) is 16.6 Å². The highest BCUT2D eigenvalue weighted by molar-refractivity contribution is 9.10. The topological polar surface area (TPSA) is 40.5 Å². The summed E-state index contributed by atoms with van der Waals surface area (Å²) in [6.45, 7) is 2.31. The van der Waals surface area contributed by atoms with Crippen molar-refractivity contribution in [3.8, 4) is 5.75 Å². The Morgan fingerprint density at radius 2 is 2.00 bits per heavy atom. The molecule has 114 valence electrons. The molecule has 0 spiro atoms. The van der Waals surface area contributed by atoms with E-state index in [1.54, 1.807) is 0 Å². The van der Waals surface area contributed by atoms with Crippen LogP contribution in [0.5, 0.6) is 5.75 Å². The molecule has 0 unspecified atom stereocenters. The van der Waals surface area contributed by atoms with E-state index in [1.807, 2.05) is 6.07 Å². The second-order valence-corrected chi connectivity index (χ2v) is 8.31. The summed E-state index contributed by atoms with van der Waals surface area (Å²) in [5.41, 5.74) is 2.91. The number of fused-ring (bicyclic) bond motifs is 5. The van der Waals surface area contributed by atoms with Crippen molar-refractivity contribution >= 4 is 15.9 Å². The number of phenols is 1. The largest absolute Gasteiger partial charge is 0.507 e. The van der Waals surface area contributed by atoms with E-state index in [2.05, 4.69) is 28.9 Å². The number of aromatic hydroxyl groups is 1. The number of rotatable bonds is 0. The highest BCUT2D eigenvalue weighted by Crippen LogP contribution is 2.61. The lowest BCUT2D eigenvalue weighted by molar-refractivity contribution is -0.0226. The minimum Gasteiger partial charge on any atom is -0.507 e. The molecule has 0 bridgehead atoms. The fraction of sp³-hybridized carbons (Fsp3) is 0.667. The van der Waals surface area contributed by atoms with Gasteiger partial charge in [-0.2, -0.15) is 0 Å². The van der Waals surface area contributed by atoms with E-state index in [1.165, 1.54) is 30.4 Å². The fourth-order valence-corrected chi connectivity index (χ4v) is 6.14. The number of phenolic OH excluding ortho intramolecular Hbond substituents is 1. The molecule has 2 saturated carbocycles. The summed E-state index contributed by atoms with van der Waals surface area (Å²) in [6.07, 6.45) is 6.64. The number of aliphatic hydroxyl groups is 1. The first kappa shape index (κ1) is 14.1. The van der Waals surface area contributed by atoms with Gasteiger partial charge < -0.3 is 10.2 Å². The second-order valence-electron chi connectivity index (χ2n) is 7.52. The number of benzene rings is 1. The van der Waals surface area contributed by atoms with Gasteiger partial charge >= 0.3 is 0 Å². The molecule has 2 N–H and O–H groups in total. The molecule has 0 aromatic heterocycles. The van der Waals surface area contributed by atoms with Gasteiger partial charge in [0, 0.05) is 0 Å². The Labute approximate surface area is 134 Å². The first-order chi connectivity index (χ1) is 10.0. The average Bonchev–Trinajstić information content (AvgIpc) is 2.78. The van der Waals surface area contributed by atoms with Crippen LogP contribution in [0.4, 0.5) is 0 Å². The molecule has 1 aromatic rings. The molecule has 0 aliphatic heterocycles. The van der Waals surface area contributed by atoms with Crippen molar-refractivity contribution in [2.24, 2.45) is 17.3 Å². The van der Waals surface area contributed by atoms with Crippen molar-refractivity contribution in [2.75, 3.05) is 0 Å². The zero-order valence-electron chi connectivity index (χ0n) is 12.5. The molecule has 2 fully saturated rings. The number of hydrogen-bond acceptors (Lipinski definition) is 2. The number of halogens is 1. The Balaban J connectivity index is 1.74. The second kappa shape index (κ2) is 4.73. The Kier molecular flexibility index (Phi) is 3.17. The third-order valence-corrected chi connectivity index (χ3v) is 7.66. The number of aliphatic hydroxyl groups excluding tert-OH is 1. The van der Waals surface area contributed by atoms with Gasteiger partial charge in [-0.1, -0.05) is 13.0 Å². The van der Waals surface area contributed by atoms with Crippen molar-refractivity contribution < 1.29 is 10.2 Å². The summed E-state index contributed by atoms with van der Waals surface area (Å²) in [5.74, 6) is 2.37. The monoisotopic (exact) mass is 350 g/mol. The van der Waals surface area contributed by atoms with Gasteiger partial charge in [0.05, 0.1) is 10.6 Å². The van der Waals surface area contributed by atoms with Gasteiger partial charge in [-0.15, -0.1) is 0 Å². The van der Waals surface area contributed by atoms with Crippen LogP contribution in [0.2, 0.25) is 0 Å². The summed E-state index contributed by atoms with van der Waals surface area (Å²) < 4.78 is 0.901. The van der Waals surface area contributed by atoms with Gasteiger partial charge in [-0.3, -0.25) is 0 Å². The van der Waals surface area contributed by atoms with Gasteiger partial charge in [0.2, 0.25) is 0 Å². The van der Waals surface area contributed by atoms with E-state index in [4.69, 9.17) is 0 Å². The maximum Gasteiger partial charge on any atom is 0.130 e. The molecular weight excluding hydrogens is 328 g/mol. The standard InChI is InChI=1S/C18H23BrO2/c1-18-9-8-11-10-4-6-15(20)17(19)13(10)3-2-12(11)14(18)5-7-16(18)21/h4,6,11-12,14,16,20-21H,2-3,5,7-9H2,1H3/t11-,12+,14-,16+,18+/m1/s1. The molecule has 4 rings (SSSR count). The van der Waals surface area contributed by atoms with Crippen molar-refractivity contribution in [1.82, 2.24) is 0 Å². The summed E-state index contributed by atoms with van der Waals surface area (Å²) in [4.78, 5) is 0. The predicted molar refractivity (Wildman–Crippen MR) is 86.4 cm³/mol. The zero-order chi connectivity index (χ0) is 14.8. The average molecular weight is 351 g/mol. The third-order valence-electron chi connectivity index (χ3n) is 6.77. The van der Waals surface area contributed by atoms with Crippen LogP contribution in [0, 0.1) is 17.3 Å². The van der Waals surface area contributed by atoms with E-state index in [9.17, 15) is 10.2 Å². The maximum absolute atomic E-state index is 10.4. The fourth-order valence-electron chi connectivity index (χ4n) is 5.58. The highest BCUT2D eigenvalue weighted by Gasteiger charge is 2.54. The normalized spacial score (nSPS) is 41.3. The van der Waals surface area contributed by atoms with Crippen LogP contribution in [-0.4, -0.2) is 16.3 Å². The highest BCUT2D eigenvalue weighted by atomic mass is 79.9. The van der Waals surface area contributed by atoms with Crippen LogP contribution in [0.25, 0.3) is 0 Å². The molecule has 3 heteroatoms. The van der Waals surface area contributed by atoms with E-state index in [0.29, 0.717) is 23.5 Å². The minimum absolute atomic E-state index is 0.101. The van der Waals surface area contributed by atoms with E-state index in [-0.39, 0.29) is 11.5 Å². The van der Waals surface area contributed by atoms with Crippen LogP contribution >= 0.6 is 15.9 Å². The smallest absolute Gasteiger partial charge is 0.130 e. The summed E-state index contributed by atoms with van der Waals surface area (Å²) in [7, 11) is 0. The lowest BCUT2D eigenvalue weighted by Gasteiger charge is -2.50. The molecule has 0 amide bonds. The molecule has 21 heavy (non-hydrogen) atoms. The Hall–Kier alpha value is -0.540. The molecule has 0 radical (unpaired) electrons. The molecule has 5 atom stereocenters. The minimum atomic E-state index is -0.101. The molecule has 1 aromatic carbocycles. The molecule has 2 nitrogen and oxygen atoms in total. The first-order valence-electron chi connectivity index (χ1n) is 8.20. The lowest BCUT2D eigenvalue weighted by Crippen LogP contribution is -2.43.